The molecule has 1 fully saturated rings. The van der Waals surface area contributed by atoms with E-state index in [2.05, 4.69) is 24.5 Å². The van der Waals surface area contributed by atoms with E-state index in [-0.39, 0.29) is 24.4 Å². The van der Waals surface area contributed by atoms with E-state index in [9.17, 15) is 4.79 Å². The molecule has 2 rings (SSSR count). The molecule has 1 aliphatic carbocycles. The van der Waals surface area contributed by atoms with Crippen molar-refractivity contribution in [3.63, 3.8) is 0 Å². The molecule has 0 aliphatic heterocycles. The molecule has 5 heteroatoms. The molecule has 118 valence electrons. The molecule has 1 atom stereocenters. The molecule has 1 saturated carbocycles. The number of hydrogen-bond acceptors (Lipinski definition) is 3. The quantitative estimate of drug-likeness (QED) is 0.776. The number of carbonyl (C=O) groups excluding carboxylic acids is 1. The number of ether oxygens (including phenoxy) is 1. The number of halogens is 1. The summed E-state index contributed by atoms with van der Waals surface area (Å²) >= 11 is 0. The molecule has 0 saturated heterocycles. The molecule has 0 unspecified atom stereocenters. The molecule has 21 heavy (non-hydrogen) atoms. The summed E-state index contributed by atoms with van der Waals surface area (Å²) in [5.74, 6) is 1.54. The van der Waals surface area contributed by atoms with Crippen molar-refractivity contribution in [2.24, 2.45) is 5.92 Å². The van der Waals surface area contributed by atoms with Gasteiger partial charge in [0.05, 0.1) is 6.61 Å². The van der Waals surface area contributed by atoms with Crippen LogP contribution in [-0.4, -0.2) is 31.6 Å². The van der Waals surface area contributed by atoms with Gasteiger partial charge >= 0.3 is 0 Å². The second-order valence-corrected chi connectivity index (χ2v) is 5.45. The molecule has 0 spiro atoms. The number of amides is 1. The molecular formula is C16H25ClN2O2. The predicted molar refractivity (Wildman–Crippen MR) is 87.4 cm³/mol. The van der Waals surface area contributed by atoms with Crippen LogP contribution >= 0.6 is 12.4 Å². The highest BCUT2D eigenvalue weighted by Crippen LogP contribution is 2.29. The van der Waals surface area contributed by atoms with Crippen LogP contribution in [0.25, 0.3) is 0 Å². The maximum atomic E-state index is 12.0. The molecule has 0 radical (unpaired) electrons. The van der Waals surface area contributed by atoms with Crippen LogP contribution in [0, 0.1) is 5.92 Å². The Hall–Kier alpha value is -1.26. The molecule has 0 aromatic heterocycles. The maximum Gasteiger partial charge on any atom is 0.251 e. The lowest BCUT2D eigenvalue weighted by Crippen LogP contribution is -2.38. The SMILES string of the molecule is CCN[C@H](C)CNC(=O)c1ccc(OCC2CC2)cc1.Cl. The zero-order valence-corrected chi connectivity index (χ0v) is 13.5. The van der Waals surface area contributed by atoms with E-state index >= 15 is 0 Å². The molecule has 0 bridgehead atoms. The van der Waals surface area contributed by atoms with Gasteiger partial charge in [-0.15, -0.1) is 12.4 Å². The molecule has 0 heterocycles. The summed E-state index contributed by atoms with van der Waals surface area (Å²) in [5, 5.41) is 6.18. The second-order valence-electron chi connectivity index (χ2n) is 5.45. The van der Waals surface area contributed by atoms with Crippen LogP contribution in [0.5, 0.6) is 5.75 Å². The minimum absolute atomic E-state index is 0. The fourth-order valence-corrected chi connectivity index (χ4v) is 1.97. The van der Waals surface area contributed by atoms with Gasteiger partial charge in [-0.1, -0.05) is 6.92 Å². The van der Waals surface area contributed by atoms with Crippen LogP contribution in [0.4, 0.5) is 0 Å². The molecule has 1 aromatic carbocycles. The zero-order valence-electron chi connectivity index (χ0n) is 12.7. The first kappa shape index (κ1) is 17.8. The highest BCUT2D eigenvalue weighted by Gasteiger charge is 2.21. The van der Waals surface area contributed by atoms with E-state index in [0.717, 1.165) is 24.8 Å². The van der Waals surface area contributed by atoms with Crippen molar-refractivity contribution in [2.45, 2.75) is 32.7 Å². The molecule has 2 N–H and O–H groups in total. The maximum absolute atomic E-state index is 12.0. The summed E-state index contributed by atoms with van der Waals surface area (Å²) in [6.45, 7) is 6.44. The van der Waals surface area contributed by atoms with Crippen molar-refractivity contribution in [1.82, 2.24) is 10.6 Å². The van der Waals surface area contributed by atoms with E-state index in [1.54, 1.807) is 0 Å². The highest BCUT2D eigenvalue weighted by atomic mass is 35.5. The predicted octanol–water partition coefficient (Wildman–Crippen LogP) is 2.63. The Bertz CT molecular complexity index is 432. The van der Waals surface area contributed by atoms with Crippen molar-refractivity contribution >= 4 is 18.3 Å². The van der Waals surface area contributed by atoms with Crippen molar-refractivity contribution in [2.75, 3.05) is 19.7 Å². The van der Waals surface area contributed by atoms with Gasteiger partial charge in [0, 0.05) is 18.2 Å². The van der Waals surface area contributed by atoms with Gasteiger partial charge in [0.2, 0.25) is 0 Å². The summed E-state index contributed by atoms with van der Waals surface area (Å²) in [4.78, 5) is 12.0. The molecule has 1 aliphatic rings. The van der Waals surface area contributed by atoms with Gasteiger partial charge in [0.1, 0.15) is 5.75 Å². The van der Waals surface area contributed by atoms with Crippen LogP contribution in [0.1, 0.15) is 37.0 Å². The van der Waals surface area contributed by atoms with Gasteiger partial charge in [0.15, 0.2) is 0 Å². The largest absolute Gasteiger partial charge is 0.493 e. The summed E-state index contributed by atoms with van der Waals surface area (Å²) < 4.78 is 5.65. The summed E-state index contributed by atoms with van der Waals surface area (Å²) in [6, 6.07) is 7.64. The first-order chi connectivity index (χ1) is 9.69. The third kappa shape index (κ3) is 6.36. The Morgan fingerprint density at radius 2 is 2.00 bits per heavy atom. The highest BCUT2D eigenvalue weighted by molar-refractivity contribution is 5.94. The van der Waals surface area contributed by atoms with Crippen molar-refractivity contribution in [1.29, 1.82) is 0 Å². The fourth-order valence-electron chi connectivity index (χ4n) is 1.97. The van der Waals surface area contributed by atoms with Crippen LogP contribution in [-0.2, 0) is 0 Å². The summed E-state index contributed by atoms with van der Waals surface area (Å²) in [7, 11) is 0. The van der Waals surface area contributed by atoms with Crippen LogP contribution in [0.3, 0.4) is 0 Å². The Balaban J connectivity index is 0.00000220. The second kappa shape index (κ2) is 8.90. The lowest BCUT2D eigenvalue weighted by atomic mass is 10.2. The normalized spacial score (nSPS) is 15.0. The minimum Gasteiger partial charge on any atom is -0.493 e. The molecule has 4 nitrogen and oxygen atoms in total. The van der Waals surface area contributed by atoms with Crippen LogP contribution < -0.4 is 15.4 Å². The van der Waals surface area contributed by atoms with E-state index in [1.807, 2.05) is 24.3 Å². The first-order valence-electron chi connectivity index (χ1n) is 7.43. The van der Waals surface area contributed by atoms with Crippen molar-refractivity contribution in [3.8, 4) is 5.75 Å². The van der Waals surface area contributed by atoms with Gasteiger partial charge in [-0.25, -0.2) is 0 Å². The molecule has 1 amide bonds. The Morgan fingerprint density at radius 1 is 1.33 bits per heavy atom. The topological polar surface area (TPSA) is 50.4 Å². The Labute approximate surface area is 133 Å². The zero-order chi connectivity index (χ0) is 14.4. The standard InChI is InChI=1S/C16H24N2O2.ClH/c1-3-17-12(2)10-18-16(19)14-6-8-15(9-7-14)20-11-13-4-5-13;/h6-9,12-13,17H,3-5,10-11H2,1-2H3,(H,18,19);1H/t12-;/m1./s1. The lowest BCUT2D eigenvalue weighted by Gasteiger charge is -2.13. The third-order valence-electron chi connectivity index (χ3n) is 3.42. The number of benzene rings is 1. The number of hydrogen-bond donors (Lipinski definition) is 2. The van der Waals surface area contributed by atoms with Crippen molar-refractivity contribution in [3.05, 3.63) is 29.8 Å². The number of likely N-dealkylation sites (N-methyl/N-ethyl adjacent to an activating group) is 1. The van der Waals surface area contributed by atoms with Crippen LogP contribution in [0.2, 0.25) is 0 Å². The van der Waals surface area contributed by atoms with Gasteiger partial charge in [0.25, 0.3) is 5.91 Å². The van der Waals surface area contributed by atoms with Crippen molar-refractivity contribution < 1.29 is 9.53 Å². The summed E-state index contributed by atoms with van der Waals surface area (Å²) in [6.07, 6.45) is 2.56. The van der Waals surface area contributed by atoms with Gasteiger partial charge in [-0.2, -0.15) is 0 Å². The number of carbonyl (C=O) groups is 1. The van der Waals surface area contributed by atoms with Gasteiger partial charge in [-0.3, -0.25) is 4.79 Å². The summed E-state index contributed by atoms with van der Waals surface area (Å²) in [5.41, 5.74) is 0.674. The van der Waals surface area contributed by atoms with E-state index in [0.29, 0.717) is 12.1 Å². The average molecular weight is 313 g/mol. The monoisotopic (exact) mass is 312 g/mol. The first-order valence-corrected chi connectivity index (χ1v) is 7.43. The Morgan fingerprint density at radius 3 is 2.57 bits per heavy atom. The Kier molecular flexibility index (Phi) is 7.54. The number of rotatable bonds is 8. The van der Waals surface area contributed by atoms with Crippen LogP contribution in [0.15, 0.2) is 24.3 Å². The van der Waals surface area contributed by atoms with E-state index in [1.165, 1.54) is 12.8 Å². The third-order valence-corrected chi connectivity index (χ3v) is 3.42. The minimum atomic E-state index is -0.0384. The van der Waals surface area contributed by atoms with Gasteiger partial charge in [-0.05, 0) is 56.5 Å². The average Bonchev–Trinajstić information content (AvgIpc) is 3.28. The van der Waals surface area contributed by atoms with E-state index < -0.39 is 0 Å². The smallest absolute Gasteiger partial charge is 0.251 e. The number of nitrogens with one attached hydrogen (secondary N) is 2. The van der Waals surface area contributed by atoms with E-state index in [4.69, 9.17) is 4.74 Å². The van der Waals surface area contributed by atoms with Gasteiger partial charge < -0.3 is 15.4 Å². The fraction of sp³-hybridized carbons (Fsp3) is 0.562. The molecule has 1 aromatic rings. The molecular weight excluding hydrogens is 288 g/mol. The lowest BCUT2D eigenvalue weighted by molar-refractivity contribution is 0.0950.